The van der Waals surface area contributed by atoms with Crippen molar-refractivity contribution in [1.29, 1.82) is 0 Å². The van der Waals surface area contributed by atoms with E-state index in [-0.39, 0.29) is 11.8 Å². The van der Waals surface area contributed by atoms with Gasteiger partial charge in [0, 0.05) is 6.54 Å². The number of aromatic nitrogens is 2. The maximum Gasteiger partial charge on any atom is 0.239 e. The van der Waals surface area contributed by atoms with Crippen LogP contribution in [0.3, 0.4) is 0 Å². The van der Waals surface area contributed by atoms with Crippen LogP contribution >= 0.6 is 0 Å². The molecule has 84 valence electrons. The van der Waals surface area contributed by atoms with Crippen LogP contribution in [0, 0.1) is 11.7 Å². The Morgan fingerprint density at radius 3 is 2.93 bits per heavy atom. The highest BCUT2D eigenvalue weighted by atomic mass is 19.1. The minimum atomic E-state index is -0.475. The predicted molar refractivity (Wildman–Crippen MR) is 57.7 cm³/mol. The maximum absolute atomic E-state index is 13.2. The van der Waals surface area contributed by atoms with Crippen LogP contribution in [0.15, 0.2) is 6.20 Å². The molecule has 15 heavy (non-hydrogen) atoms. The molecule has 5 nitrogen and oxygen atoms in total. The quantitative estimate of drug-likeness (QED) is 0.508. The molecule has 0 radical (unpaired) electrons. The molecule has 0 aliphatic heterocycles. The molecule has 6 heteroatoms. The van der Waals surface area contributed by atoms with E-state index in [0.717, 1.165) is 12.6 Å². The maximum atomic E-state index is 13.2. The summed E-state index contributed by atoms with van der Waals surface area (Å²) in [6.07, 6.45) is 2.11. The largest absolute Gasteiger partial charge is 0.367 e. The molecular weight excluding hydrogens is 197 g/mol. The zero-order chi connectivity index (χ0) is 11.3. The summed E-state index contributed by atoms with van der Waals surface area (Å²) in [5, 5.41) is 2.92. The number of rotatable bonds is 5. The predicted octanol–water partition coefficient (Wildman–Crippen LogP) is 1.36. The molecule has 4 N–H and O–H groups in total. The highest BCUT2D eigenvalue weighted by molar-refractivity contribution is 5.40. The number of hydrazine groups is 1. The van der Waals surface area contributed by atoms with Crippen molar-refractivity contribution in [2.75, 3.05) is 17.3 Å². The van der Waals surface area contributed by atoms with Crippen LogP contribution in [0.2, 0.25) is 0 Å². The first-order chi connectivity index (χ1) is 7.17. The molecule has 1 aromatic heterocycles. The Hall–Kier alpha value is -1.43. The van der Waals surface area contributed by atoms with E-state index in [1.165, 1.54) is 0 Å². The van der Waals surface area contributed by atoms with Crippen LogP contribution in [-0.4, -0.2) is 16.5 Å². The Balaban J connectivity index is 2.66. The normalized spacial score (nSPS) is 12.3. The van der Waals surface area contributed by atoms with Crippen LogP contribution in [0.25, 0.3) is 0 Å². The van der Waals surface area contributed by atoms with Gasteiger partial charge in [0.2, 0.25) is 5.95 Å². The van der Waals surface area contributed by atoms with Crippen molar-refractivity contribution < 1.29 is 4.39 Å². The fraction of sp³-hybridized carbons (Fsp3) is 0.556. The number of nitrogen functional groups attached to an aromatic ring is 1. The van der Waals surface area contributed by atoms with Gasteiger partial charge in [-0.15, -0.1) is 0 Å². The van der Waals surface area contributed by atoms with Gasteiger partial charge in [0.05, 0.1) is 6.20 Å². The van der Waals surface area contributed by atoms with E-state index in [1.807, 2.05) is 0 Å². The fourth-order valence-electron chi connectivity index (χ4n) is 0.976. The minimum absolute atomic E-state index is 0.179. The van der Waals surface area contributed by atoms with Gasteiger partial charge in [0.15, 0.2) is 11.6 Å². The highest BCUT2D eigenvalue weighted by Gasteiger charge is 2.07. The molecule has 0 fully saturated rings. The molecule has 1 atom stereocenters. The van der Waals surface area contributed by atoms with Gasteiger partial charge in [-0.25, -0.2) is 15.2 Å². The summed E-state index contributed by atoms with van der Waals surface area (Å²) in [5.74, 6) is 5.49. The van der Waals surface area contributed by atoms with Gasteiger partial charge in [0.25, 0.3) is 0 Å². The van der Waals surface area contributed by atoms with E-state index in [2.05, 4.69) is 34.6 Å². The molecule has 0 bridgehead atoms. The topological polar surface area (TPSA) is 75.9 Å². The SMILES string of the molecule is CCC(C)CNc1nc(NN)ncc1F. The zero-order valence-electron chi connectivity index (χ0n) is 8.92. The number of halogens is 1. The number of nitrogens with zero attached hydrogens (tertiary/aromatic N) is 2. The standard InChI is InChI=1S/C9H16FN5/c1-3-6(2)4-12-8-7(10)5-13-9(14-8)15-11/h5-6H,3-4,11H2,1-2H3,(H2,12,13,14,15). The molecule has 0 saturated heterocycles. The molecule has 1 rings (SSSR count). The highest BCUT2D eigenvalue weighted by Crippen LogP contribution is 2.12. The molecule has 0 aromatic carbocycles. The first kappa shape index (κ1) is 11.6. The Bertz CT molecular complexity index is 317. The summed E-state index contributed by atoms with van der Waals surface area (Å²) in [4.78, 5) is 7.51. The van der Waals surface area contributed by atoms with Gasteiger partial charge in [0.1, 0.15) is 0 Å². The average molecular weight is 213 g/mol. The van der Waals surface area contributed by atoms with Crippen LogP contribution in [0.1, 0.15) is 20.3 Å². The van der Waals surface area contributed by atoms with E-state index < -0.39 is 5.82 Å². The number of nitrogens with one attached hydrogen (secondary N) is 2. The second-order valence-corrected chi connectivity index (χ2v) is 3.43. The van der Waals surface area contributed by atoms with Crippen molar-refractivity contribution >= 4 is 11.8 Å². The summed E-state index contributed by atoms with van der Waals surface area (Å²) in [5.41, 5.74) is 2.27. The van der Waals surface area contributed by atoms with Crippen molar-refractivity contribution in [3.05, 3.63) is 12.0 Å². The minimum Gasteiger partial charge on any atom is -0.367 e. The van der Waals surface area contributed by atoms with Gasteiger partial charge in [-0.3, -0.25) is 5.43 Å². The lowest BCUT2D eigenvalue weighted by Gasteiger charge is -2.11. The van der Waals surface area contributed by atoms with Crippen LogP contribution < -0.4 is 16.6 Å². The Labute approximate surface area is 88.3 Å². The molecule has 1 heterocycles. The number of hydrogen-bond acceptors (Lipinski definition) is 5. The summed E-state index contributed by atoms with van der Waals surface area (Å²) in [7, 11) is 0. The van der Waals surface area contributed by atoms with Crippen LogP contribution in [0.4, 0.5) is 16.2 Å². The van der Waals surface area contributed by atoms with Crippen molar-refractivity contribution in [3.63, 3.8) is 0 Å². The van der Waals surface area contributed by atoms with Gasteiger partial charge >= 0.3 is 0 Å². The van der Waals surface area contributed by atoms with Crippen LogP contribution in [0.5, 0.6) is 0 Å². The van der Waals surface area contributed by atoms with Gasteiger partial charge in [-0.2, -0.15) is 4.98 Å². The van der Waals surface area contributed by atoms with Crippen molar-refractivity contribution in [3.8, 4) is 0 Å². The van der Waals surface area contributed by atoms with Crippen molar-refractivity contribution in [2.45, 2.75) is 20.3 Å². The zero-order valence-corrected chi connectivity index (χ0v) is 8.92. The Morgan fingerprint density at radius 2 is 2.33 bits per heavy atom. The second kappa shape index (κ2) is 5.45. The molecule has 0 saturated carbocycles. The molecule has 0 aliphatic carbocycles. The second-order valence-electron chi connectivity index (χ2n) is 3.43. The first-order valence-corrected chi connectivity index (χ1v) is 4.90. The summed E-state index contributed by atoms with van der Waals surface area (Å²) >= 11 is 0. The van der Waals surface area contributed by atoms with E-state index in [0.29, 0.717) is 12.5 Å². The third-order valence-electron chi connectivity index (χ3n) is 2.19. The lowest BCUT2D eigenvalue weighted by molar-refractivity contribution is 0.580. The molecule has 0 aliphatic rings. The summed E-state index contributed by atoms with van der Waals surface area (Å²) in [6.45, 7) is 4.83. The summed E-state index contributed by atoms with van der Waals surface area (Å²) in [6, 6.07) is 0. The number of hydrogen-bond donors (Lipinski definition) is 3. The molecule has 0 spiro atoms. The number of anilines is 2. The third-order valence-corrected chi connectivity index (χ3v) is 2.19. The van der Waals surface area contributed by atoms with Crippen LogP contribution in [-0.2, 0) is 0 Å². The smallest absolute Gasteiger partial charge is 0.239 e. The van der Waals surface area contributed by atoms with E-state index >= 15 is 0 Å². The van der Waals surface area contributed by atoms with E-state index in [4.69, 9.17) is 5.84 Å². The van der Waals surface area contributed by atoms with Crippen molar-refractivity contribution in [1.82, 2.24) is 9.97 Å². The van der Waals surface area contributed by atoms with E-state index in [9.17, 15) is 4.39 Å². The first-order valence-electron chi connectivity index (χ1n) is 4.90. The van der Waals surface area contributed by atoms with Gasteiger partial charge in [-0.1, -0.05) is 20.3 Å². The molecule has 0 amide bonds. The Morgan fingerprint density at radius 1 is 1.60 bits per heavy atom. The van der Waals surface area contributed by atoms with Crippen molar-refractivity contribution in [2.24, 2.45) is 11.8 Å². The van der Waals surface area contributed by atoms with Gasteiger partial charge < -0.3 is 5.32 Å². The van der Waals surface area contributed by atoms with E-state index in [1.54, 1.807) is 0 Å². The lowest BCUT2D eigenvalue weighted by Crippen LogP contribution is -2.15. The third kappa shape index (κ3) is 3.32. The summed E-state index contributed by atoms with van der Waals surface area (Å²) < 4.78 is 13.2. The molecule has 1 unspecified atom stereocenters. The lowest BCUT2D eigenvalue weighted by atomic mass is 10.1. The fourth-order valence-corrected chi connectivity index (χ4v) is 0.976. The molecular formula is C9H16FN5. The number of nitrogens with two attached hydrogens (primary N) is 1. The van der Waals surface area contributed by atoms with Gasteiger partial charge in [-0.05, 0) is 5.92 Å². The monoisotopic (exact) mass is 213 g/mol. The Kier molecular flexibility index (Phi) is 4.23. The average Bonchev–Trinajstić information content (AvgIpc) is 2.27. The molecule has 1 aromatic rings.